The van der Waals surface area contributed by atoms with Crippen molar-refractivity contribution in [2.75, 3.05) is 0 Å². The van der Waals surface area contributed by atoms with E-state index in [-0.39, 0.29) is 0 Å². The average molecular weight is 355 g/mol. The molecule has 0 atom stereocenters. The Kier molecular flexibility index (Phi) is 4.31. The Balaban J connectivity index is 2.21. The lowest BCUT2D eigenvalue weighted by molar-refractivity contribution is 1.47. The predicted octanol–water partition coefficient (Wildman–Crippen LogP) is 5.08. The summed E-state index contributed by atoms with van der Waals surface area (Å²) in [5.41, 5.74) is 1.65. The highest BCUT2D eigenvalue weighted by Gasteiger charge is 1.93. The monoisotopic (exact) mass is 354 g/mol. The van der Waals surface area contributed by atoms with Gasteiger partial charge in [-0.15, -0.1) is 0 Å². The first-order valence-electron chi connectivity index (χ1n) is 4.92. The molecule has 0 saturated heterocycles. The summed E-state index contributed by atoms with van der Waals surface area (Å²) in [6, 6.07) is 17.7. The van der Waals surface area contributed by atoms with Gasteiger partial charge in [0, 0.05) is 8.59 Å². The summed E-state index contributed by atoms with van der Waals surface area (Å²) in [5.74, 6) is 0. The number of hydrogen-bond donors (Lipinski definition) is 0. The minimum absolute atomic E-state index is 0.693. The molecule has 0 amide bonds. The van der Waals surface area contributed by atoms with E-state index in [9.17, 15) is 0 Å². The van der Waals surface area contributed by atoms with Gasteiger partial charge in [0.1, 0.15) is 6.01 Å². The molecule has 0 radical (unpaired) electrons. The second kappa shape index (κ2) is 5.96. The lowest BCUT2D eigenvalue weighted by Crippen LogP contribution is -1.70. The van der Waals surface area contributed by atoms with Gasteiger partial charge in [-0.2, -0.15) is 9.98 Å². The van der Waals surface area contributed by atoms with Crippen LogP contribution in [0.2, 0.25) is 5.02 Å². The van der Waals surface area contributed by atoms with E-state index < -0.39 is 0 Å². The van der Waals surface area contributed by atoms with Crippen molar-refractivity contribution < 1.29 is 0 Å². The zero-order valence-corrected chi connectivity index (χ0v) is 11.7. The number of hydrogen-bond acceptors (Lipinski definition) is 2. The molecule has 0 spiro atoms. The van der Waals surface area contributed by atoms with E-state index in [2.05, 4.69) is 38.6 Å². The maximum atomic E-state index is 5.78. The van der Waals surface area contributed by atoms with Crippen LogP contribution in [0.4, 0.5) is 11.4 Å². The molecule has 0 saturated carbocycles. The van der Waals surface area contributed by atoms with Crippen molar-refractivity contribution in [3.63, 3.8) is 0 Å². The van der Waals surface area contributed by atoms with Crippen LogP contribution in [-0.4, -0.2) is 6.01 Å². The van der Waals surface area contributed by atoms with Gasteiger partial charge < -0.3 is 0 Å². The third kappa shape index (κ3) is 3.66. The number of halogens is 2. The lowest BCUT2D eigenvalue weighted by Gasteiger charge is -1.93. The van der Waals surface area contributed by atoms with Gasteiger partial charge in [-0.1, -0.05) is 23.7 Å². The lowest BCUT2D eigenvalue weighted by atomic mass is 10.3. The molecule has 84 valence electrons. The molecule has 2 nitrogen and oxygen atoms in total. The minimum atomic E-state index is 0.693. The Labute approximate surface area is 118 Å². The Hall–Kier alpha value is -1.16. The second-order valence-electron chi connectivity index (χ2n) is 3.25. The summed E-state index contributed by atoms with van der Waals surface area (Å²) in [6.07, 6.45) is 0. The molecule has 0 fully saturated rings. The molecule has 0 heterocycles. The van der Waals surface area contributed by atoms with Crippen LogP contribution < -0.4 is 0 Å². The molecule has 4 heteroatoms. The van der Waals surface area contributed by atoms with Crippen molar-refractivity contribution in [3.05, 3.63) is 57.1 Å². The number of rotatable bonds is 2. The van der Waals surface area contributed by atoms with Crippen molar-refractivity contribution >= 4 is 51.6 Å². The average Bonchev–Trinajstić information content (AvgIpc) is 2.34. The summed E-state index contributed by atoms with van der Waals surface area (Å²) >= 11 is 8.00. The normalized spacial score (nSPS) is 9.53. The Bertz CT molecular complexity index is 572. The van der Waals surface area contributed by atoms with Gasteiger partial charge in [0.05, 0.1) is 11.4 Å². The first kappa shape index (κ1) is 12.3. The highest BCUT2D eigenvalue weighted by Crippen LogP contribution is 2.20. The van der Waals surface area contributed by atoms with E-state index >= 15 is 0 Å². The van der Waals surface area contributed by atoms with Gasteiger partial charge in [-0.25, -0.2) is 0 Å². The maximum Gasteiger partial charge on any atom is 0.101 e. The van der Waals surface area contributed by atoms with E-state index in [1.54, 1.807) is 12.1 Å². The largest absolute Gasteiger partial charge is 0.188 e. The number of para-hydroxylation sites is 1. The summed E-state index contributed by atoms with van der Waals surface area (Å²) in [7, 11) is 0. The van der Waals surface area contributed by atoms with Crippen LogP contribution in [-0.2, 0) is 0 Å². The van der Waals surface area contributed by atoms with Crippen LogP contribution in [0.25, 0.3) is 0 Å². The van der Waals surface area contributed by atoms with E-state index in [0.717, 1.165) is 14.9 Å². The first-order valence-corrected chi connectivity index (χ1v) is 6.38. The molecule has 2 aromatic carbocycles. The van der Waals surface area contributed by atoms with Crippen molar-refractivity contribution in [2.45, 2.75) is 0 Å². The number of nitrogens with zero attached hydrogens (tertiary/aromatic N) is 2. The molecule has 17 heavy (non-hydrogen) atoms. The summed E-state index contributed by atoms with van der Waals surface area (Å²) < 4.78 is 1.07. The minimum Gasteiger partial charge on any atom is -0.188 e. The molecular weight excluding hydrogens is 347 g/mol. The van der Waals surface area contributed by atoms with Gasteiger partial charge in [0.15, 0.2) is 0 Å². The molecule has 2 rings (SSSR count). The summed E-state index contributed by atoms with van der Waals surface area (Å²) in [4.78, 5) is 8.27. The van der Waals surface area contributed by atoms with E-state index in [1.165, 1.54) is 0 Å². The first-order chi connectivity index (χ1) is 8.25. The second-order valence-corrected chi connectivity index (χ2v) is 4.85. The smallest absolute Gasteiger partial charge is 0.101 e. The molecule has 0 aliphatic carbocycles. The molecule has 0 N–H and O–H groups in total. The molecular formula is C13H8ClIN2. The van der Waals surface area contributed by atoms with Crippen molar-refractivity contribution in [2.24, 2.45) is 9.98 Å². The Morgan fingerprint density at radius 1 is 0.941 bits per heavy atom. The quantitative estimate of drug-likeness (QED) is 0.531. The zero-order valence-electron chi connectivity index (χ0n) is 8.77. The predicted molar refractivity (Wildman–Crippen MR) is 79.8 cm³/mol. The van der Waals surface area contributed by atoms with Gasteiger partial charge in [0.25, 0.3) is 0 Å². The zero-order chi connectivity index (χ0) is 12.1. The van der Waals surface area contributed by atoms with Crippen LogP contribution in [0, 0.1) is 3.57 Å². The fourth-order valence-corrected chi connectivity index (χ4v) is 1.83. The fourth-order valence-electron chi connectivity index (χ4n) is 1.19. The Morgan fingerprint density at radius 3 is 2.35 bits per heavy atom. The molecule has 0 unspecified atom stereocenters. The third-order valence-electron chi connectivity index (χ3n) is 2.03. The van der Waals surface area contributed by atoms with Crippen molar-refractivity contribution in [1.29, 1.82) is 0 Å². The van der Waals surface area contributed by atoms with Crippen LogP contribution in [0.3, 0.4) is 0 Å². The standard InChI is InChI=1S/C13H8ClIN2/c14-10-5-7-11(8-6-10)16-9-17-13-4-2-1-3-12(13)15/h1-8H. The van der Waals surface area contributed by atoms with Gasteiger partial charge >= 0.3 is 0 Å². The number of benzene rings is 2. The van der Waals surface area contributed by atoms with Crippen molar-refractivity contribution in [3.8, 4) is 0 Å². The van der Waals surface area contributed by atoms with Crippen LogP contribution in [0.5, 0.6) is 0 Å². The van der Waals surface area contributed by atoms with Crippen LogP contribution in [0.15, 0.2) is 58.5 Å². The van der Waals surface area contributed by atoms with Crippen LogP contribution >= 0.6 is 34.2 Å². The van der Waals surface area contributed by atoms with Gasteiger partial charge in [0.2, 0.25) is 0 Å². The highest BCUT2D eigenvalue weighted by atomic mass is 127. The van der Waals surface area contributed by atoms with E-state index in [0.29, 0.717) is 5.02 Å². The molecule has 0 aliphatic rings. The molecule has 2 aromatic rings. The van der Waals surface area contributed by atoms with Gasteiger partial charge in [-0.3, -0.25) is 0 Å². The van der Waals surface area contributed by atoms with Gasteiger partial charge in [-0.05, 0) is 59.0 Å². The summed E-state index contributed by atoms with van der Waals surface area (Å²) in [6.45, 7) is 0. The Morgan fingerprint density at radius 2 is 1.65 bits per heavy atom. The third-order valence-corrected chi connectivity index (χ3v) is 3.19. The summed E-state index contributed by atoms with van der Waals surface area (Å²) in [5, 5.41) is 0.693. The molecule has 0 aliphatic heterocycles. The van der Waals surface area contributed by atoms with E-state index in [1.807, 2.05) is 36.4 Å². The van der Waals surface area contributed by atoms with Crippen molar-refractivity contribution in [1.82, 2.24) is 0 Å². The number of aliphatic imine (C=N–C) groups is 2. The molecule has 0 aromatic heterocycles. The van der Waals surface area contributed by atoms with Crippen LogP contribution in [0.1, 0.15) is 0 Å². The topological polar surface area (TPSA) is 24.7 Å². The van der Waals surface area contributed by atoms with E-state index in [4.69, 9.17) is 11.6 Å². The molecule has 0 bridgehead atoms. The highest BCUT2D eigenvalue weighted by molar-refractivity contribution is 14.1. The fraction of sp³-hybridized carbons (Fsp3) is 0. The SMILES string of the molecule is Clc1ccc(N=C=Nc2ccccc2I)cc1. The maximum absolute atomic E-state index is 5.78.